The highest BCUT2D eigenvalue weighted by Gasteiger charge is 2.42. The van der Waals surface area contributed by atoms with Gasteiger partial charge in [0.2, 0.25) is 0 Å². The summed E-state index contributed by atoms with van der Waals surface area (Å²) < 4.78 is 15.1. The van der Waals surface area contributed by atoms with Crippen LogP contribution in [-0.4, -0.2) is 49.7 Å². The fraction of sp³-hybridized carbons (Fsp3) is 0.176. The monoisotopic (exact) mass is 343 g/mol. The molecule has 8 nitrogen and oxygen atoms in total. The molecule has 8 heteroatoms. The molecule has 0 bridgehead atoms. The Morgan fingerprint density at radius 2 is 1.32 bits per heavy atom. The van der Waals surface area contributed by atoms with Crippen molar-refractivity contribution in [2.75, 3.05) is 21.3 Å². The van der Waals surface area contributed by atoms with E-state index in [4.69, 9.17) is 9.47 Å². The van der Waals surface area contributed by atoms with Gasteiger partial charge in [0.15, 0.2) is 5.69 Å². The van der Waals surface area contributed by atoms with E-state index < -0.39 is 23.8 Å². The van der Waals surface area contributed by atoms with Gasteiger partial charge in [0.05, 0.1) is 27.0 Å². The first-order chi connectivity index (χ1) is 12.0. The second kappa shape index (κ2) is 5.90. The first-order valence-corrected chi connectivity index (χ1v) is 7.15. The quantitative estimate of drug-likeness (QED) is 0.525. The van der Waals surface area contributed by atoms with E-state index in [1.165, 1.54) is 0 Å². The zero-order valence-electron chi connectivity index (χ0n) is 13.6. The third-order valence-corrected chi connectivity index (χ3v) is 3.94. The molecule has 25 heavy (non-hydrogen) atoms. The first kappa shape index (κ1) is 16.4. The van der Waals surface area contributed by atoms with E-state index in [0.717, 1.165) is 25.9 Å². The molecule has 0 saturated carbocycles. The van der Waals surface area contributed by atoms with E-state index in [-0.39, 0.29) is 22.5 Å². The molecule has 3 rings (SSSR count). The molecule has 1 aliphatic heterocycles. The predicted molar refractivity (Wildman–Crippen MR) is 83.6 cm³/mol. The van der Waals surface area contributed by atoms with Crippen molar-refractivity contribution in [1.29, 1.82) is 0 Å². The molecule has 0 saturated heterocycles. The van der Waals surface area contributed by atoms with E-state index in [1.54, 1.807) is 24.3 Å². The van der Waals surface area contributed by atoms with Crippen molar-refractivity contribution < 1.29 is 33.4 Å². The van der Waals surface area contributed by atoms with Gasteiger partial charge in [-0.15, -0.1) is 0 Å². The number of hydrogen-bond acceptors (Lipinski definition) is 7. The van der Waals surface area contributed by atoms with E-state index in [9.17, 15) is 19.2 Å². The Morgan fingerprint density at radius 3 is 1.88 bits per heavy atom. The highest BCUT2D eigenvalue weighted by atomic mass is 16.5. The van der Waals surface area contributed by atoms with Crippen LogP contribution in [0, 0.1) is 0 Å². The fourth-order valence-electron chi connectivity index (χ4n) is 2.92. The van der Waals surface area contributed by atoms with Crippen LogP contribution in [-0.2, 0) is 14.2 Å². The van der Waals surface area contributed by atoms with Crippen molar-refractivity contribution >= 4 is 23.8 Å². The van der Waals surface area contributed by atoms with Crippen molar-refractivity contribution in [3.05, 3.63) is 46.6 Å². The van der Waals surface area contributed by atoms with Crippen molar-refractivity contribution in [2.24, 2.45) is 0 Å². The molecule has 128 valence electrons. The van der Waals surface area contributed by atoms with Crippen molar-refractivity contribution in [3.8, 4) is 11.3 Å². The number of fused-ring (bicyclic) bond motifs is 3. The number of rotatable bonds is 3. The molecule has 0 N–H and O–H groups in total. The lowest BCUT2D eigenvalue weighted by Gasteiger charge is -2.07. The third-order valence-electron chi connectivity index (χ3n) is 3.94. The Labute approximate surface area is 141 Å². The maximum atomic E-state index is 12.8. The van der Waals surface area contributed by atoms with Gasteiger partial charge in [-0.3, -0.25) is 9.36 Å². The number of ether oxygens (including phenoxy) is 3. The SMILES string of the molecule is COC(=O)c1c(C(=O)OC)c2n(c1C(=O)OC)C(=O)c1ccccc1-2. The summed E-state index contributed by atoms with van der Waals surface area (Å²) in [5.74, 6) is -3.32. The number of aromatic nitrogens is 1. The maximum Gasteiger partial charge on any atom is 0.356 e. The van der Waals surface area contributed by atoms with Gasteiger partial charge in [-0.25, -0.2) is 14.4 Å². The number of esters is 3. The van der Waals surface area contributed by atoms with Gasteiger partial charge in [0.1, 0.15) is 11.1 Å². The zero-order valence-corrected chi connectivity index (χ0v) is 13.6. The molecule has 0 atom stereocenters. The van der Waals surface area contributed by atoms with Crippen LogP contribution in [0.15, 0.2) is 24.3 Å². The van der Waals surface area contributed by atoms with Crippen LogP contribution in [0.2, 0.25) is 0 Å². The summed E-state index contributed by atoms with van der Waals surface area (Å²) in [5.41, 5.74) is -0.135. The summed E-state index contributed by atoms with van der Waals surface area (Å²) in [6.07, 6.45) is 0. The maximum absolute atomic E-state index is 12.8. The van der Waals surface area contributed by atoms with Gasteiger partial charge >= 0.3 is 17.9 Å². The molecule has 1 aromatic heterocycles. The number of benzene rings is 1. The van der Waals surface area contributed by atoms with Gasteiger partial charge in [-0.2, -0.15) is 0 Å². The predicted octanol–water partition coefficient (Wildman–Crippen LogP) is 1.52. The summed E-state index contributed by atoms with van der Waals surface area (Å²) in [5, 5.41) is 0. The minimum Gasteiger partial charge on any atom is -0.465 e. The van der Waals surface area contributed by atoms with Crippen LogP contribution in [0.3, 0.4) is 0 Å². The Kier molecular flexibility index (Phi) is 3.88. The van der Waals surface area contributed by atoms with Crippen LogP contribution in [0.25, 0.3) is 11.3 Å². The molecule has 0 amide bonds. The highest BCUT2D eigenvalue weighted by molar-refractivity contribution is 6.22. The zero-order chi connectivity index (χ0) is 18.3. The van der Waals surface area contributed by atoms with E-state index in [0.29, 0.717) is 11.1 Å². The molecule has 0 spiro atoms. The van der Waals surface area contributed by atoms with Gasteiger partial charge in [0.25, 0.3) is 5.91 Å². The second-order valence-corrected chi connectivity index (χ2v) is 5.11. The first-order valence-electron chi connectivity index (χ1n) is 7.15. The summed E-state index contributed by atoms with van der Waals surface area (Å²) >= 11 is 0. The van der Waals surface area contributed by atoms with Crippen molar-refractivity contribution in [1.82, 2.24) is 4.57 Å². The van der Waals surface area contributed by atoms with Crippen LogP contribution in [0.1, 0.15) is 41.6 Å². The number of carbonyl (C=O) groups is 4. The lowest BCUT2D eigenvalue weighted by atomic mass is 10.0. The summed E-state index contributed by atoms with van der Waals surface area (Å²) in [4.78, 5) is 49.7. The normalized spacial score (nSPS) is 11.6. The average Bonchev–Trinajstić information content (AvgIpc) is 3.14. The lowest BCUT2D eigenvalue weighted by Crippen LogP contribution is -2.19. The minimum atomic E-state index is -0.951. The number of methoxy groups -OCH3 is 3. The number of carbonyl (C=O) groups excluding carboxylic acids is 4. The Bertz CT molecular complexity index is 939. The summed E-state index contributed by atoms with van der Waals surface area (Å²) in [6, 6.07) is 6.50. The molecule has 0 aliphatic carbocycles. The topological polar surface area (TPSA) is 101 Å². The smallest absolute Gasteiger partial charge is 0.356 e. The standard InChI is InChI=1S/C17H13NO7/c1-23-15(20)10-11(16(21)24-2)13(17(22)25-3)18-12(10)8-6-4-5-7-9(8)14(18)19/h4-7H,1-3H3. The fourth-order valence-corrected chi connectivity index (χ4v) is 2.92. The average molecular weight is 343 g/mol. The molecule has 2 aromatic rings. The van der Waals surface area contributed by atoms with Gasteiger partial charge in [-0.05, 0) is 6.07 Å². The van der Waals surface area contributed by atoms with E-state index >= 15 is 0 Å². The van der Waals surface area contributed by atoms with Crippen LogP contribution in [0.5, 0.6) is 0 Å². The molecule has 1 aromatic carbocycles. The van der Waals surface area contributed by atoms with E-state index in [1.807, 2.05) is 0 Å². The van der Waals surface area contributed by atoms with Gasteiger partial charge in [-0.1, -0.05) is 18.2 Å². The number of hydrogen-bond donors (Lipinski definition) is 0. The molecule has 1 aliphatic rings. The van der Waals surface area contributed by atoms with Crippen LogP contribution < -0.4 is 0 Å². The van der Waals surface area contributed by atoms with Crippen molar-refractivity contribution in [2.45, 2.75) is 0 Å². The third kappa shape index (κ3) is 2.14. The Hall–Kier alpha value is -3.42. The largest absolute Gasteiger partial charge is 0.465 e. The lowest BCUT2D eigenvalue weighted by molar-refractivity contribution is 0.0533. The van der Waals surface area contributed by atoms with Crippen molar-refractivity contribution in [3.63, 3.8) is 0 Å². The molecule has 2 heterocycles. The van der Waals surface area contributed by atoms with Gasteiger partial charge in [0, 0.05) is 11.1 Å². The summed E-state index contributed by atoms with van der Waals surface area (Å²) in [6.45, 7) is 0. The Balaban J connectivity index is 2.50. The highest BCUT2D eigenvalue weighted by Crippen LogP contribution is 2.40. The molecule has 0 radical (unpaired) electrons. The van der Waals surface area contributed by atoms with Crippen LogP contribution in [0.4, 0.5) is 0 Å². The second-order valence-electron chi connectivity index (χ2n) is 5.11. The number of nitrogens with zero attached hydrogens (tertiary/aromatic N) is 1. The van der Waals surface area contributed by atoms with Crippen LogP contribution >= 0.6 is 0 Å². The molecule has 0 fully saturated rings. The van der Waals surface area contributed by atoms with E-state index in [2.05, 4.69) is 4.74 Å². The minimum absolute atomic E-state index is 0.105. The molecule has 0 unspecified atom stereocenters. The summed E-state index contributed by atoms with van der Waals surface area (Å²) in [7, 11) is 3.34. The molecular formula is C17H13NO7. The van der Waals surface area contributed by atoms with Gasteiger partial charge < -0.3 is 14.2 Å². The Morgan fingerprint density at radius 1 is 0.800 bits per heavy atom. The molecular weight excluding hydrogens is 330 g/mol.